The highest BCUT2D eigenvalue weighted by atomic mass is 35.5. The molecule has 0 bridgehead atoms. The Hall–Kier alpha value is -2.00. The van der Waals surface area contributed by atoms with Crippen molar-refractivity contribution < 1.29 is 4.79 Å². The minimum atomic E-state index is -0.198. The summed E-state index contributed by atoms with van der Waals surface area (Å²) in [7, 11) is 0. The number of halogens is 1. The summed E-state index contributed by atoms with van der Waals surface area (Å²) in [5, 5.41) is 3.34. The Morgan fingerprint density at radius 3 is 2.63 bits per heavy atom. The maximum atomic E-state index is 12.0. The zero-order chi connectivity index (χ0) is 13.7. The fraction of sp³-hybridized carbons (Fsp3) is 0.133. The average Bonchev–Trinajstić information content (AvgIpc) is 2.42. The molecule has 3 nitrogen and oxygen atoms in total. The highest BCUT2D eigenvalue weighted by Gasteiger charge is 2.09. The maximum absolute atomic E-state index is 12.0. The van der Waals surface area contributed by atoms with Crippen molar-refractivity contribution in [2.75, 3.05) is 12.3 Å². The Morgan fingerprint density at radius 2 is 1.89 bits per heavy atom. The van der Waals surface area contributed by atoms with E-state index in [2.05, 4.69) is 5.32 Å². The van der Waals surface area contributed by atoms with E-state index in [1.165, 1.54) is 5.56 Å². The molecule has 3 N–H and O–H groups in total. The van der Waals surface area contributed by atoms with Crippen LogP contribution in [-0.2, 0) is 6.42 Å². The largest absolute Gasteiger partial charge is 0.398 e. The van der Waals surface area contributed by atoms with E-state index < -0.39 is 0 Å². The Labute approximate surface area is 117 Å². The number of hydrogen-bond acceptors (Lipinski definition) is 2. The SMILES string of the molecule is Nc1ccc(Cl)cc1C(=O)NCCc1ccccc1. The Bertz CT molecular complexity index is 570. The fourth-order valence-corrected chi connectivity index (χ4v) is 1.96. The molecule has 0 aliphatic heterocycles. The molecule has 4 heteroatoms. The van der Waals surface area contributed by atoms with Gasteiger partial charge in [0.15, 0.2) is 0 Å². The van der Waals surface area contributed by atoms with Crippen LogP contribution in [0.3, 0.4) is 0 Å². The van der Waals surface area contributed by atoms with Gasteiger partial charge in [0.1, 0.15) is 0 Å². The van der Waals surface area contributed by atoms with Gasteiger partial charge in [-0.3, -0.25) is 4.79 Å². The molecule has 0 saturated carbocycles. The number of hydrogen-bond donors (Lipinski definition) is 2. The van der Waals surface area contributed by atoms with Crippen molar-refractivity contribution >= 4 is 23.2 Å². The molecule has 2 aromatic carbocycles. The van der Waals surface area contributed by atoms with Crippen molar-refractivity contribution in [3.8, 4) is 0 Å². The van der Waals surface area contributed by atoms with Gasteiger partial charge in [0, 0.05) is 17.3 Å². The third-order valence-corrected chi connectivity index (χ3v) is 3.04. The first-order valence-corrected chi connectivity index (χ1v) is 6.42. The number of nitrogen functional groups attached to an aromatic ring is 1. The van der Waals surface area contributed by atoms with Crippen molar-refractivity contribution in [3.63, 3.8) is 0 Å². The molecule has 0 heterocycles. The summed E-state index contributed by atoms with van der Waals surface area (Å²) in [6.07, 6.45) is 0.785. The molecule has 2 aromatic rings. The van der Waals surface area contributed by atoms with Crippen LogP contribution in [0.4, 0.5) is 5.69 Å². The van der Waals surface area contributed by atoms with Crippen LogP contribution in [0, 0.1) is 0 Å². The number of anilines is 1. The first kappa shape index (κ1) is 13.4. The van der Waals surface area contributed by atoms with Gasteiger partial charge in [-0.05, 0) is 30.2 Å². The van der Waals surface area contributed by atoms with Crippen LogP contribution in [0.5, 0.6) is 0 Å². The Kier molecular flexibility index (Phi) is 4.42. The normalized spacial score (nSPS) is 10.2. The van der Waals surface area contributed by atoms with Gasteiger partial charge in [-0.2, -0.15) is 0 Å². The Balaban J connectivity index is 1.93. The first-order valence-electron chi connectivity index (χ1n) is 6.04. The molecule has 0 aliphatic carbocycles. The van der Waals surface area contributed by atoms with Crippen molar-refractivity contribution in [1.82, 2.24) is 5.32 Å². The second-order valence-electron chi connectivity index (χ2n) is 4.22. The molecular formula is C15H15ClN2O. The Morgan fingerprint density at radius 1 is 1.16 bits per heavy atom. The van der Waals surface area contributed by atoms with Gasteiger partial charge in [0.05, 0.1) is 5.56 Å². The molecule has 0 spiro atoms. The lowest BCUT2D eigenvalue weighted by Gasteiger charge is -2.08. The number of carbonyl (C=O) groups excluding carboxylic acids is 1. The standard InChI is InChI=1S/C15H15ClN2O/c16-12-6-7-14(17)13(10-12)15(19)18-9-8-11-4-2-1-3-5-11/h1-7,10H,8-9,17H2,(H,18,19). The predicted molar refractivity (Wildman–Crippen MR) is 78.3 cm³/mol. The summed E-state index contributed by atoms with van der Waals surface area (Å²) in [4.78, 5) is 12.0. The van der Waals surface area contributed by atoms with E-state index in [1.807, 2.05) is 30.3 Å². The van der Waals surface area contributed by atoms with Gasteiger partial charge in [-0.25, -0.2) is 0 Å². The van der Waals surface area contributed by atoms with Crippen LogP contribution in [0.15, 0.2) is 48.5 Å². The minimum Gasteiger partial charge on any atom is -0.398 e. The molecule has 2 rings (SSSR count). The van der Waals surface area contributed by atoms with Gasteiger partial charge in [0.25, 0.3) is 5.91 Å². The molecule has 0 radical (unpaired) electrons. The lowest BCUT2D eigenvalue weighted by Crippen LogP contribution is -2.26. The smallest absolute Gasteiger partial charge is 0.253 e. The van der Waals surface area contributed by atoms with Crippen LogP contribution in [0.25, 0.3) is 0 Å². The van der Waals surface area contributed by atoms with Crippen molar-refractivity contribution in [3.05, 3.63) is 64.7 Å². The molecule has 0 aromatic heterocycles. The van der Waals surface area contributed by atoms with E-state index in [9.17, 15) is 4.79 Å². The monoisotopic (exact) mass is 274 g/mol. The van der Waals surface area contributed by atoms with E-state index in [4.69, 9.17) is 17.3 Å². The van der Waals surface area contributed by atoms with Crippen LogP contribution in [-0.4, -0.2) is 12.5 Å². The summed E-state index contributed by atoms with van der Waals surface area (Å²) < 4.78 is 0. The van der Waals surface area contributed by atoms with Gasteiger partial charge >= 0.3 is 0 Å². The maximum Gasteiger partial charge on any atom is 0.253 e. The van der Waals surface area contributed by atoms with E-state index in [0.29, 0.717) is 22.8 Å². The molecule has 98 valence electrons. The van der Waals surface area contributed by atoms with E-state index in [-0.39, 0.29) is 5.91 Å². The number of carbonyl (C=O) groups is 1. The van der Waals surface area contributed by atoms with Crippen molar-refractivity contribution in [2.45, 2.75) is 6.42 Å². The highest BCUT2D eigenvalue weighted by Crippen LogP contribution is 2.17. The lowest BCUT2D eigenvalue weighted by molar-refractivity contribution is 0.0955. The van der Waals surface area contributed by atoms with Gasteiger partial charge < -0.3 is 11.1 Å². The number of amides is 1. The predicted octanol–water partition coefficient (Wildman–Crippen LogP) is 2.89. The second kappa shape index (κ2) is 6.25. The molecule has 0 unspecified atom stereocenters. The van der Waals surface area contributed by atoms with Crippen molar-refractivity contribution in [1.29, 1.82) is 0 Å². The second-order valence-corrected chi connectivity index (χ2v) is 4.66. The van der Waals surface area contributed by atoms with Crippen molar-refractivity contribution in [2.24, 2.45) is 0 Å². The van der Waals surface area contributed by atoms with Gasteiger partial charge in [-0.1, -0.05) is 41.9 Å². The third-order valence-electron chi connectivity index (χ3n) is 2.80. The quantitative estimate of drug-likeness (QED) is 0.843. The summed E-state index contributed by atoms with van der Waals surface area (Å²) in [5.41, 5.74) is 7.79. The molecule has 0 fully saturated rings. The molecule has 19 heavy (non-hydrogen) atoms. The van der Waals surface area contributed by atoms with Crippen LogP contribution >= 0.6 is 11.6 Å². The summed E-state index contributed by atoms with van der Waals surface area (Å²) in [6.45, 7) is 0.564. The van der Waals surface area contributed by atoms with E-state index in [1.54, 1.807) is 18.2 Å². The summed E-state index contributed by atoms with van der Waals surface area (Å²) in [6, 6.07) is 14.9. The number of benzene rings is 2. The van der Waals surface area contributed by atoms with Crippen LogP contribution < -0.4 is 11.1 Å². The first-order chi connectivity index (χ1) is 9.16. The third kappa shape index (κ3) is 3.73. The van der Waals surface area contributed by atoms with Crippen LogP contribution in [0.2, 0.25) is 5.02 Å². The summed E-state index contributed by atoms with van der Waals surface area (Å²) >= 11 is 5.86. The molecule has 0 saturated heterocycles. The van der Waals surface area contributed by atoms with E-state index in [0.717, 1.165) is 6.42 Å². The van der Waals surface area contributed by atoms with Crippen LogP contribution in [0.1, 0.15) is 15.9 Å². The average molecular weight is 275 g/mol. The number of rotatable bonds is 4. The molecule has 0 atom stereocenters. The van der Waals surface area contributed by atoms with Gasteiger partial charge in [0.2, 0.25) is 0 Å². The fourth-order valence-electron chi connectivity index (χ4n) is 1.79. The minimum absolute atomic E-state index is 0.198. The zero-order valence-corrected chi connectivity index (χ0v) is 11.2. The number of nitrogens with one attached hydrogen (secondary N) is 1. The molecule has 1 amide bonds. The zero-order valence-electron chi connectivity index (χ0n) is 10.4. The molecular weight excluding hydrogens is 260 g/mol. The lowest BCUT2D eigenvalue weighted by atomic mass is 10.1. The van der Waals surface area contributed by atoms with E-state index >= 15 is 0 Å². The molecule has 0 aliphatic rings. The number of nitrogens with two attached hydrogens (primary N) is 1. The van der Waals surface area contributed by atoms with Gasteiger partial charge in [-0.15, -0.1) is 0 Å². The summed E-state index contributed by atoms with van der Waals surface area (Å²) in [5.74, 6) is -0.198. The highest BCUT2D eigenvalue weighted by molar-refractivity contribution is 6.31. The topological polar surface area (TPSA) is 55.1 Å².